The van der Waals surface area contributed by atoms with Gasteiger partial charge in [0.2, 0.25) is 0 Å². The zero-order valence-electron chi connectivity index (χ0n) is 15.6. The lowest BCUT2D eigenvalue weighted by atomic mass is 10.2. The van der Waals surface area contributed by atoms with Gasteiger partial charge in [-0.15, -0.1) is 24.2 Å². The Morgan fingerprint density at radius 1 is 1.18 bits per heavy atom. The zero-order valence-corrected chi connectivity index (χ0v) is 18.1. The number of likely N-dealkylation sites (N-methyl/N-ethyl adjacent to an activating group) is 1. The lowest BCUT2D eigenvalue weighted by molar-refractivity contribution is 0.0985. The molecule has 4 nitrogen and oxygen atoms in total. The summed E-state index contributed by atoms with van der Waals surface area (Å²) in [6.07, 6.45) is 1.94. The van der Waals surface area contributed by atoms with E-state index in [4.69, 9.17) is 0 Å². The summed E-state index contributed by atoms with van der Waals surface area (Å²) in [7, 11) is 3.81. The number of halogens is 3. The van der Waals surface area contributed by atoms with Crippen LogP contribution in [0.4, 0.5) is 13.9 Å². The van der Waals surface area contributed by atoms with Crippen LogP contribution in [-0.2, 0) is 0 Å². The number of carbonyl (C=O) groups is 1. The number of rotatable bonds is 6. The lowest BCUT2D eigenvalue weighted by Gasteiger charge is -2.22. The summed E-state index contributed by atoms with van der Waals surface area (Å²) < 4.78 is 27.9. The standard InChI is InChI=1S/C19H19F2N3OS2.ClH/c1-23(2)7-8-24(18(25)12-5-4-6-14(9-12)26-3)19-22-17-15(21)10-13(20)11-16(17)27-19;/h4-6,9-11H,7-8H2,1-3H3;1H. The number of nitrogens with zero attached hydrogens (tertiary/aromatic N) is 3. The predicted octanol–water partition coefficient (Wildman–Crippen LogP) is 4.93. The Morgan fingerprint density at radius 2 is 1.93 bits per heavy atom. The third-order valence-corrected chi connectivity index (χ3v) is 5.72. The molecule has 1 heterocycles. The van der Waals surface area contributed by atoms with Gasteiger partial charge in [0.25, 0.3) is 5.91 Å². The van der Waals surface area contributed by atoms with E-state index < -0.39 is 11.6 Å². The van der Waals surface area contributed by atoms with Crippen molar-refractivity contribution in [2.75, 3.05) is 38.3 Å². The molecular formula is C19H20ClF2N3OS2. The fourth-order valence-corrected chi connectivity index (χ4v) is 4.05. The summed E-state index contributed by atoms with van der Waals surface area (Å²) in [6, 6.07) is 9.38. The van der Waals surface area contributed by atoms with Crippen molar-refractivity contribution in [2.24, 2.45) is 0 Å². The van der Waals surface area contributed by atoms with Crippen LogP contribution in [0.25, 0.3) is 10.2 Å². The van der Waals surface area contributed by atoms with Gasteiger partial charge in [0, 0.05) is 29.6 Å². The first kappa shape index (κ1) is 22.5. The lowest BCUT2D eigenvalue weighted by Crippen LogP contribution is -2.36. The predicted molar refractivity (Wildman–Crippen MR) is 115 cm³/mol. The average molecular weight is 444 g/mol. The maximum atomic E-state index is 14.1. The second kappa shape index (κ2) is 9.65. The number of aromatic nitrogens is 1. The smallest absolute Gasteiger partial charge is 0.260 e. The van der Waals surface area contributed by atoms with Gasteiger partial charge in [-0.3, -0.25) is 9.69 Å². The van der Waals surface area contributed by atoms with Crippen LogP contribution in [0.15, 0.2) is 41.3 Å². The van der Waals surface area contributed by atoms with E-state index in [9.17, 15) is 13.6 Å². The van der Waals surface area contributed by atoms with E-state index in [1.807, 2.05) is 43.5 Å². The van der Waals surface area contributed by atoms with Crippen molar-refractivity contribution < 1.29 is 13.6 Å². The molecule has 0 radical (unpaired) electrons. The fraction of sp³-hybridized carbons (Fsp3) is 0.263. The van der Waals surface area contributed by atoms with Crippen LogP contribution >= 0.6 is 35.5 Å². The Kier molecular flexibility index (Phi) is 7.77. The molecule has 150 valence electrons. The number of hydrogen-bond donors (Lipinski definition) is 0. The third-order valence-electron chi connectivity index (χ3n) is 3.97. The van der Waals surface area contributed by atoms with Crippen molar-refractivity contribution in [3.63, 3.8) is 0 Å². The normalized spacial score (nSPS) is 10.9. The first-order valence-electron chi connectivity index (χ1n) is 8.25. The first-order chi connectivity index (χ1) is 12.9. The Balaban J connectivity index is 0.00000280. The number of hydrogen-bond acceptors (Lipinski definition) is 5. The highest BCUT2D eigenvalue weighted by Gasteiger charge is 2.23. The molecule has 0 atom stereocenters. The van der Waals surface area contributed by atoms with E-state index in [1.54, 1.807) is 17.8 Å². The fourth-order valence-electron chi connectivity index (χ4n) is 2.56. The van der Waals surface area contributed by atoms with Gasteiger partial charge in [0.15, 0.2) is 10.9 Å². The average Bonchev–Trinajstić information content (AvgIpc) is 3.05. The van der Waals surface area contributed by atoms with E-state index in [2.05, 4.69) is 4.98 Å². The van der Waals surface area contributed by atoms with Crippen LogP contribution in [-0.4, -0.2) is 49.2 Å². The third kappa shape index (κ3) is 5.00. The van der Waals surface area contributed by atoms with Gasteiger partial charge < -0.3 is 4.90 Å². The molecule has 0 aliphatic heterocycles. The van der Waals surface area contributed by atoms with Crippen LogP contribution in [0.5, 0.6) is 0 Å². The Labute approximate surface area is 177 Å². The summed E-state index contributed by atoms with van der Waals surface area (Å²) in [5, 5.41) is 0.357. The minimum absolute atomic E-state index is 0. The number of thiazole rings is 1. The van der Waals surface area contributed by atoms with Gasteiger partial charge in [0.1, 0.15) is 11.3 Å². The Morgan fingerprint density at radius 3 is 2.61 bits per heavy atom. The number of carbonyl (C=O) groups excluding carboxylic acids is 1. The van der Waals surface area contributed by atoms with Crippen LogP contribution in [0.1, 0.15) is 10.4 Å². The number of anilines is 1. The minimum Gasteiger partial charge on any atom is -0.308 e. The van der Waals surface area contributed by atoms with Gasteiger partial charge in [-0.05, 0) is 44.6 Å². The highest BCUT2D eigenvalue weighted by Crippen LogP contribution is 2.32. The molecule has 9 heteroatoms. The largest absolute Gasteiger partial charge is 0.308 e. The van der Waals surface area contributed by atoms with E-state index in [-0.39, 0.29) is 23.8 Å². The molecular weight excluding hydrogens is 424 g/mol. The maximum absolute atomic E-state index is 14.1. The molecule has 2 aromatic carbocycles. The SMILES string of the molecule is CSc1cccc(C(=O)N(CCN(C)C)c2nc3c(F)cc(F)cc3s2)c1.Cl. The molecule has 0 N–H and O–H groups in total. The molecule has 1 aromatic heterocycles. The molecule has 3 aromatic rings. The summed E-state index contributed by atoms with van der Waals surface area (Å²) in [4.78, 5) is 21.9. The van der Waals surface area contributed by atoms with E-state index in [0.717, 1.165) is 22.3 Å². The van der Waals surface area contributed by atoms with Gasteiger partial charge >= 0.3 is 0 Å². The van der Waals surface area contributed by atoms with Gasteiger partial charge in [-0.25, -0.2) is 13.8 Å². The molecule has 0 unspecified atom stereocenters. The molecule has 0 saturated heterocycles. The molecule has 3 rings (SSSR count). The maximum Gasteiger partial charge on any atom is 0.260 e. The van der Waals surface area contributed by atoms with Crippen molar-refractivity contribution in [3.05, 3.63) is 53.6 Å². The number of fused-ring (bicyclic) bond motifs is 1. The molecule has 0 bridgehead atoms. The first-order valence-corrected chi connectivity index (χ1v) is 10.3. The zero-order chi connectivity index (χ0) is 19.6. The molecule has 1 amide bonds. The number of thioether (sulfide) groups is 1. The highest BCUT2D eigenvalue weighted by molar-refractivity contribution is 7.98. The topological polar surface area (TPSA) is 36.4 Å². The van der Waals surface area contributed by atoms with Crippen molar-refractivity contribution in [2.45, 2.75) is 4.90 Å². The van der Waals surface area contributed by atoms with E-state index in [0.29, 0.717) is 28.5 Å². The van der Waals surface area contributed by atoms with E-state index >= 15 is 0 Å². The quantitative estimate of drug-likeness (QED) is 0.506. The molecule has 0 fully saturated rings. The Bertz CT molecular complexity index is 981. The van der Waals surface area contributed by atoms with Crippen LogP contribution in [0.3, 0.4) is 0 Å². The van der Waals surface area contributed by atoms with Gasteiger partial charge in [-0.1, -0.05) is 17.4 Å². The molecule has 0 aliphatic rings. The van der Waals surface area contributed by atoms with Crippen LogP contribution in [0, 0.1) is 11.6 Å². The molecule has 28 heavy (non-hydrogen) atoms. The van der Waals surface area contributed by atoms with Crippen LogP contribution < -0.4 is 4.90 Å². The Hall–Kier alpha value is -1.74. The van der Waals surface area contributed by atoms with Gasteiger partial charge in [-0.2, -0.15) is 0 Å². The second-order valence-electron chi connectivity index (χ2n) is 6.22. The summed E-state index contributed by atoms with van der Waals surface area (Å²) >= 11 is 2.66. The number of amides is 1. The molecule has 0 spiro atoms. The van der Waals surface area contributed by atoms with Crippen LogP contribution in [0.2, 0.25) is 0 Å². The van der Waals surface area contributed by atoms with E-state index in [1.165, 1.54) is 11.0 Å². The highest BCUT2D eigenvalue weighted by atomic mass is 35.5. The van der Waals surface area contributed by atoms with Crippen molar-refractivity contribution in [3.8, 4) is 0 Å². The molecule has 0 saturated carbocycles. The summed E-state index contributed by atoms with van der Waals surface area (Å²) in [5.74, 6) is -1.60. The summed E-state index contributed by atoms with van der Waals surface area (Å²) in [6.45, 7) is 1.000. The monoisotopic (exact) mass is 443 g/mol. The second-order valence-corrected chi connectivity index (χ2v) is 8.11. The van der Waals surface area contributed by atoms with Crippen molar-refractivity contribution in [1.29, 1.82) is 0 Å². The summed E-state index contributed by atoms with van der Waals surface area (Å²) in [5.41, 5.74) is 0.614. The van der Waals surface area contributed by atoms with Crippen molar-refractivity contribution >= 4 is 56.8 Å². The molecule has 0 aliphatic carbocycles. The minimum atomic E-state index is -0.725. The van der Waals surface area contributed by atoms with Gasteiger partial charge in [0.05, 0.1) is 4.70 Å². The van der Waals surface area contributed by atoms with Crippen molar-refractivity contribution in [1.82, 2.24) is 9.88 Å². The number of benzene rings is 2.